The fraction of sp³-hybridized carbons (Fsp3) is 0.385. The molecule has 0 aliphatic carbocycles. The molecule has 0 aliphatic heterocycles. The SMILES string of the molecule is CCC(C#N)(CC)NC(=O)c1cc(Br)ccc1O. The zero-order chi connectivity index (χ0) is 13.8. The highest BCUT2D eigenvalue weighted by Crippen LogP contribution is 2.23. The third-order valence-electron chi connectivity index (χ3n) is 2.98. The van der Waals surface area contributed by atoms with E-state index in [1.165, 1.54) is 12.1 Å². The number of nitrogens with zero attached hydrogens (tertiary/aromatic N) is 1. The second kappa shape index (κ2) is 5.87. The molecular formula is C13H15BrN2O2. The molecule has 96 valence electrons. The lowest BCUT2D eigenvalue weighted by Gasteiger charge is -2.25. The molecule has 18 heavy (non-hydrogen) atoms. The summed E-state index contributed by atoms with van der Waals surface area (Å²) in [5, 5.41) is 21.5. The van der Waals surface area contributed by atoms with Gasteiger partial charge in [-0.05, 0) is 31.0 Å². The maximum Gasteiger partial charge on any atom is 0.256 e. The molecule has 0 heterocycles. The van der Waals surface area contributed by atoms with Crippen LogP contribution in [-0.4, -0.2) is 16.6 Å². The molecule has 2 N–H and O–H groups in total. The van der Waals surface area contributed by atoms with Crippen molar-refractivity contribution >= 4 is 21.8 Å². The highest BCUT2D eigenvalue weighted by Gasteiger charge is 2.29. The van der Waals surface area contributed by atoms with E-state index in [0.717, 1.165) is 0 Å². The minimum atomic E-state index is -0.883. The molecule has 0 spiro atoms. The van der Waals surface area contributed by atoms with Gasteiger partial charge in [-0.1, -0.05) is 29.8 Å². The molecule has 4 nitrogen and oxygen atoms in total. The Morgan fingerprint density at radius 1 is 1.50 bits per heavy atom. The standard InChI is InChI=1S/C13H15BrN2O2/c1-3-13(4-2,8-15)16-12(18)10-7-9(14)5-6-11(10)17/h5-7,17H,3-4H2,1-2H3,(H,16,18). The second-order valence-electron chi connectivity index (χ2n) is 4.02. The van der Waals surface area contributed by atoms with Gasteiger partial charge in [0.15, 0.2) is 0 Å². The van der Waals surface area contributed by atoms with Crippen molar-refractivity contribution in [3.8, 4) is 11.8 Å². The summed E-state index contributed by atoms with van der Waals surface area (Å²) in [5.41, 5.74) is -0.725. The number of carbonyl (C=O) groups is 1. The molecule has 0 radical (unpaired) electrons. The van der Waals surface area contributed by atoms with E-state index in [1.807, 2.05) is 13.8 Å². The number of hydrogen-bond donors (Lipinski definition) is 2. The Morgan fingerprint density at radius 2 is 2.11 bits per heavy atom. The summed E-state index contributed by atoms with van der Waals surface area (Å²) < 4.78 is 0.695. The van der Waals surface area contributed by atoms with Crippen LogP contribution in [0.1, 0.15) is 37.0 Å². The first-order valence-corrected chi connectivity index (χ1v) is 6.49. The predicted octanol–water partition coefficient (Wildman–Crippen LogP) is 2.97. The number of amides is 1. The van der Waals surface area contributed by atoms with Crippen LogP contribution in [0.3, 0.4) is 0 Å². The van der Waals surface area contributed by atoms with Crippen molar-refractivity contribution in [2.75, 3.05) is 0 Å². The highest BCUT2D eigenvalue weighted by atomic mass is 79.9. The number of carbonyl (C=O) groups excluding carboxylic acids is 1. The van der Waals surface area contributed by atoms with E-state index >= 15 is 0 Å². The summed E-state index contributed by atoms with van der Waals surface area (Å²) in [5.74, 6) is -0.547. The molecule has 0 atom stereocenters. The maximum atomic E-state index is 12.1. The summed E-state index contributed by atoms with van der Waals surface area (Å²) in [6.07, 6.45) is 1.03. The van der Waals surface area contributed by atoms with Crippen LogP contribution in [0.25, 0.3) is 0 Å². The smallest absolute Gasteiger partial charge is 0.256 e. The predicted molar refractivity (Wildman–Crippen MR) is 72.2 cm³/mol. The number of aromatic hydroxyl groups is 1. The Balaban J connectivity index is 3.02. The molecule has 5 heteroatoms. The first-order chi connectivity index (χ1) is 8.48. The van der Waals surface area contributed by atoms with E-state index in [4.69, 9.17) is 5.26 Å². The lowest BCUT2D eigenvalue weighted by molar-refractivity contribution is 0.0913. The highest BCUT2D eigenvalue weighted by molar-refractivity contribution is 9.10. The molecule has 0 unspecified atom stereocenters. The van der Waals surface area contributed by atoms with Crippen molar-refractivity contribution < 1.29 is 9.90 Å². The van der Waals surface area contributed by atoms with Crippen molar-refractivity contribution in [2.45, 2.75) is 32.2 Å². The largest absolute Gasteiger partial charge is 0.507 e. The summed E-state index contributed by atoms with van der Waals surface area (Å²) in [6, 6.07) is 6.73. The van der Waals surface area contributed by atoms with Crippen molar-refractivity contribution in [2.24, 2.45) is 0 Å². The first-order valence-electron chi connectivity index (χ1n) is 5.70. The quantitative estimate of drug-likeness (QED) is 0.898. The molecule has 0 aliphatic rings. The fourth-order valence-electron chi connectivity index (χ4n) is 1.59. The Bertz CT molecular complexity index is 490. The molecule has 1 aromatic rings. The normalized spacial score (nSPS) is 10.8. The average Bonchev–Trinajstić information content (AvgIpc) is 2.38. The number of phenolic OH excluding ortho intramolecular Hbond substituents is 1. The molecule has 0 bridgehead atoms. The summed E-state index contributed by atoms with van der Waals surface area (Å²) in [7, 11) is 0. The van der Waals surface area contributed by atoms with Gasteiger partial charge in [0, 0.05) is 4.47 Å². The van der Waals surface area contributed by atoms with E-state index < -0.39 is 11.4 Å². The van der Waals surface area contributed by atoms with E-state index in [1.54, 1.807) is 6.07 Å². The number of benzene rings is 1. The van der Waals surface area contributed by atoms with Crippen LogP contribution < -0.4 is 5.32 Å². The molecule has 0 saturated carbocycles. The molecule has 1 rings (SSSR count). The Kier molecular flexibility index (Phi) is 4.74. The van der Waals surface area contributed by atoms with Crippen LogP contribution in [0.5, 0.6) is 5.75 Å². The van der Waals surface area contributed by atoms with Crippen molar-refractivity contribution in [1.29, 1.82) is 5.26 Å². The maximum absolute atomic E-state index is 12.1. The lowest BCUT2D eigenvalue weighted by atomic mass is 9.94. The number of phenols is 1. The van der Waals surface area contributed by atoms with Crippen LogP contribution in [0, 0.1) is 11.3 Å². The van der Waals surface area contributed by atoms with Gasteiger partial charge in [-0.3, -0.25) is 4.79 Å². The monoisotopic (exact) mass is 310 g/mol. The third kappa shape index (κ3) is 3.02. The topological polar surface area (TPSA) is 73.1 Å². The van der Waals surface area contributed by atoms with Gasteiger partial charge in [0.1, 0.15) is 11.3 Å². The van der Waals surface area contributed by atoms with Gasteiger partial charge in [0.05, 0.1) is 11.6 Å². The molecule has 1 amide bonds. The third-order valence-corrected chi connectivity index (χ3v) is 3.47. The Hall–Kier alpha value is -1.54. The van der Waals surface area contributed by atoms with Crippen LogP contribution in [-0.2, 0) is 0 Å². The van der Waals surface area contributed by atoms with Crippen LogP contribution in [0.15, 0.2) is 22.7 Å². The molecule has 1 aromatic carbocycles. The molecule has 0 aromatic heterocycles. The van der Waals surface area contributed by atoms with Gasteiger partial charge < -0.3 is 10.4 Å². The molecular weight excluding hydrogens is 296 g/mol. The van der Waals surface area contributed by atoms with Gasteiger partial charge in [-0.2, -0.15) is 5.26 Å². The summed E-state index contributed by atoms with van der Waals surface area (Å²) in [4.78, 5) is 12.1. The van der Waals surface area contributed by atoms with E-state index in [0.29, 0.717) is 17.3 Å². The van der Waals surface area contributed by atoms with Gasteiger partial charge in [0.25, 0.3) is 5.91 Å². The summed E-state index contributed by atoms with van der Waals surface area (Å²) in [6.45, 7) is 3.68. The number of hydrogen-bond acceptors (Lipinski definition) is 3. The van der Waals surface area contributed by atoms with Gasteiger partial charge in [0.2, 0.25) is 0 Å². The average molecular weight is 311 g/mol. The minimum absolute atomic E-state index is 0.102. The zero-order valence-electron chi connectivity index (χ0n) is 10.3. The van der Waals surface area contributed by atoms with Gasteiger partial charge in [-0.15, -0.1) is 0 Å². The molecule has 0 saturated heterocycles. The van der Waals surface area contributed by atoms with E-state index in [-0.39, 0.29) is 11.3 Å². The Morgan fingerprint density at radius 3 is 2.61 bits per heavy atom. The summed E-state index contributed by atoms with van der Waals surface area (Å²) >= 11 is 3.24. The van der Waals surface area contributed by atoms with Crippen LogP contribution >= 0.6 is 15.9 Å². The van der Waals surface area contributed by atoms with Crippen molar-refractivity contribution in [1.82, 2.24) is 5.32 Å². The first kappa shape index (κ1) is 14.5. The minimum Gasteiger partial charge on any atom is -0.507 e. The van der Waals surface area contributed by atoms with E-state index in [9.17, 15) is 9.90 Å². The van der Waals surface area contributed by atoms with Crippen molar-refractivity contribution in [3.05, 3.63) is 28.2 Å². The number of nitriles is 1. The Labute approximate surface area is 115 Å². The number of rotatable bonds is 4. The second-order valence-corrected chi connectivity index (χ2v) is 4.93. The van der Waals surface area contributed by atoms with Crippen LogP contribution in [0.2, 0.25) is 0 Å². The van der Waals surface area contributed by atoms with Crippen molar-refractivity contribution in [3.63, 3.8) is 0 Å². The van der Waals surface area contributed by atoms with E-state index in [2.05, 4.69) is 27.3 Å². The zero-order valence-corrected chi connectivity index (χ0v) is 11.9. The lowest BCUT2D eigenvalue weighted by Crippen LogP contribution is -2.46. The number of halogens is 1. The van der Waals surface area contributed by atoms with Gasteiger partial charge in [-0.25, -0.2) is 0 Å². The number of nitrogens with one attached hydrogen (secondary N) is 1. The van der Waals surface area contributed by atoms with Crippen LogP contribution in [0.4, 0.5) is 0 Å². The molecule has 0 fully saturated rings. The van der Waals surface area contributed by atoms with Gasteiger partial charge >= 0.3 is 0 Å². The fourth-order valence-corrected chi connectivity index (χ4v) is 1.95.